The van der Waals surface area contributed by atoms with Gasteiger partial charge in [-0.3, -0.25) is 4.79 Å². The molecule has 4 aromatic rings. The van der Waals surface area contributed by atoms with Crippen LogP contribution in [0.3, 0.4) is 0 Å². The molecule has 10 nitrogen and oxygen atoms in total. The maximum atomic E-state index is 11.4. The number of rotatable bonds is 2. The number of hydrogen-bond acceptors (Lipinski definition) is 8. The van der Waals surface area contributed by atoms with Crippen LogP contribution < -0.4 is 15.0 Å². The number of ether oxygens (including phenoxy) is 2. The van der Waals surface area contributed by atoms with Gasteiger partial charge in [-0.1, -0.05) is 6.07 Å². The van der Waals surface area contributed by atoms with Gasteiger partial charge in [0.1, 0.15) is 5.69 Å². The van der Waals surface area contributed by atoms with E-state index in [1.54, 1.807) is 24.5 Å². The van der Waals surface area contributed by atoms with Crippen LogP contribution in [0.1, 0.15) is 12.0 Å². The van der Waals surface area contributed by atoms with Crippen LogP contribution in [0.5, 0.6) is 11.8 Å². The van der Waals surface area contributed by atoms with Gasteiger partial charge in [0, 0.05) is 18.5 Å². The molecule has 0 aliphatic carbocycles. The van der Waals surface area contributed by atoms with Crippen molar-refractivity contribution in [2.24, 2.45) is 0 Å². The molecule has 0 radical (unpaired) electrons. The Hall–Kier alpha value is -3.82. The molecule has 0 aromatic carbocycles. The fraction of sp³-hybridized carbons (Fsp3) is 0.0667. The molecule has 1 aliphatic rings. The minimum absolute atomic E-state index is 0.216. The van der Waals surface area contributed by atoms with Crippen LogP contribution in [0.25, 0.3) is 22.8 Å². The molecular weight excluding hydrogens is 326 g/mol. The van der Waals surface area contributed by atoms with Crippen LogP contribution in [0, 0.1) is 0 Å². The first kappa shape index (κ1) is 13.6. The zero-order chi connectivity index (χ0) is 16.8. The van der Waals surface area contributed by atoms with Crippen LogP contribution in [0.15, 0.2) is 41.6 Å². The van der Waals surface area contributed by atoms with E-state index in [0.717, 1.165) is 0 Å². The third-order valence-corrected chi connectivity index (χ3v) is 3.57. The van der Waals surface area contributed by atoms with Gasteiger partial charge in [-0.25, -0.2) is 24.9 Å². The summed E-state index contributed by atoms with van der Waals surface area (Å²) in [7, 11) is 0. The molecule has 4 aromatic heterocycles. The van der Waals surface area contributed by atoms with E-state index >= 15 is 0 Å². The van der Waals surface area contributed by atoms with Crippen molar-refractivity contribution >= 4 is 11.3 Å². The number of pyridine rings is 1. The summed E-state index contributed by atoms with van der Waals surface area (Å²) in [6.45, 7) is 0. The third-order valence-electron chi connectivity index (χ3n) is 3.57. The summed E-state index contributed by atoms with van der Waals surface area (Å²) in [5.74, 6) is 0.927. The number of aromatic nitrogens is 7. The van der Waals surface area contributed by atoms with Gasteiger partial charge in [-0.15, -0.1) is 0 Å². The fourth-order valence-corrected chi connectivity index (χ4v) is 2.46. The van der Waals surface area contributed by atoms with Crippen LogP contribution in [-0.2, 0) is 0 Å². The minimum Gasteiger partial charge on any atom is -0.427 e. The van der Waals surface area contributed by atoms with Crippen molar-refractivity contribution in [2.75, 3.05) is 0 Å². The first-order chi connectivity index (χ1) is 12.3. The van der Waals surface area contributed by atoms with Crippen molar-refractivity contribution in [1.29, 1.82) is 0 Å². The topological polar surface area (TPSA) is 132 Å². The Kier molecular flexibility index (Phi) is 2.77. The summed E-state index contributed by atoms with van der Waals surface area (Å²) in [6.07, 6.45) is 3.83. The second-order valence-electron chi connectivity index (χ2n) is 5.22. The van der Waals surface area contributed by atoms with Crippen molar-refractivity contribution in [3.63, 3.8) is 0 Å². The zero-order valence-electron chi connectivity index (χ0n) is 12.5. The van der Waals surface area contributed by atoms with E-state index in [0.29, 0.717) is 28.5 Å². The summed E-state index contributed by atoms with van der Waals surface area (Å²) >= 11 is 0. The van der Waals surface area contributed by atoms with E-state index in [1.807, 2.05) is 0 Å². The molecule has 2 N–H and O–H groups in total. The van der Waals surface area contributed by atoms with Gasteiger partial charge in [0.05, 0.1) is 11.9 Å². The summed E-state index contributed by atoms with van der Waals surface area (Å²) in [5.41, 5.74) is 1.73. The lowest BCUT2D eigenvalue weighted by molar-refractivity contribution is 0.0404. The number of nitrogens with zero attached hydrogens (tertiary/aromatic N) is 5. The van der Waals surface area contributed by atoms with Crippen LogP contribution in [0.4, 0.5) is 0 Å². The molecule has 1 aliphatic heterocycles. The largest absolute Gasteiger partial charge is 0.427 e. The van der Waals surface area contributed by atoms with Gasteiger partial charge in [-0.05, 0) is 6.07 Å². The summed E-state index contributed by atoms with van der Waals surface area (Å²) in [5, 5.41) is 0. The first-order valence-corrected chi connectivity index (χ1v) is 7.33. The molecule has 5 rings (SSSR count). The molecule has 1 unspecified atom stereocenters. The number of nitrogens with one attached hydrogen (secondary N) is 2. The van der Waals surface area contributed by atoms with E-state index in [1.165, 1.54) is 12.3 Å². The fourth-order valence-electron chi connectivity index (χ4n) is 2.46. The number of aromatic amines is 2. The third kappa shape index (κ3) is 2.27. The highest BCUT2D eigenvalue weighted by molar-refractivity contribution is 5.70. The van der Waals surface area contributed by atoms with Crippen LogP contribution in [-0.4, -0.2) is 34.9 Å². The second kappa shape index (κ2) is 5.09. The van der Waals surface area contributed by atoms with Gasteiger partial charge >= 0.3 is 0 Å². The number of hydrogen-bond donors (Lipinski definition) is 2. The van der Waals surface area contributed by atoms with E-state index in [9.17, 15) is 4.79 Å². The molecule has 10 heteroatoms. The van der Waals surface area contributed by atoms with Gasteiger partial charge in [-0.2, -0.15) is 0 Å². The Morgan fingerprint density at radius 2 is 1.84 bits per heavy atom. The second-order valence-corrected chi connectivity index (χ2v) is 5.22. The van der Waals surface area contributed by atoms with Crippen molar-refractivity contribution in [2.45, 2.75) is 6.29 Å². The molecule has 0 amide bonds. The molecule has 0 fully saturated rings. The average Bonchev–Trinajstić information content (AvgIpc) is 3.25. The first-order valence-electron chi connectivity index (χ1n) is 7.33. The number of fused-ring (bicyclic) bond motifs is 2. The molecule has 0 saturated heterocycles. The SMILES string of the molecule is O=c1cccc(C2Oc3ncc(-c4nc5nccnc5[nH]4)nc3O2)[nH]1. The Labute approximate surface area is 139 Å². The summed E-state index contributed by atoms with van der Waals surface area (Å²) < 4.78 is 11.2. The minimum atomic E-state index is -0.807. The standard InChI is InChI=1S/C15H9N7O3/c23-9-3-1-2-7(19-9)15-24-13-14(25-15)20-8(6-18-13)10-21-11-12(22-10)17-5-4-16-11/h1-6,15H,(H,19,23)(H,16,17,21,22). The lowest BCUT2D eigenvalue weighted by Crippen LogP contribution is -2.15. The highest BCUT2D eigenvalue weighted by Gasteiger charge is 2.30. The molecule has 1 atom stereocenters. The highest BCUT2D eigenvalue weighted by Crippen LogP contribution is 2.37. The number of imidazole rings is 1. The van der Waals surface area contributed by atoms with Gasteiger partial charge in [0.2, 0.25) is 5.56 Å². The Balaban J connectivity index is 1.49. The molecule has 5 heterocycles. The molecule has 25 heavy (non-hydrogen) atoms. The smallest absolute Gasteiger partial charge is 0.286 e. The lowest BCUT2D eigenvalue weighted by Gasteiger charge is -2.08. The van der Waals surface area contributed by atoms with Gasteiger partial charge in [0.25, 0.3) is 18.1 Å². The quantitative estimate of drug-likeness (QED) is 0.554. The Morgan fingerprint density at radius 1 is 0.960 bits per heavy atom. The normalized spacial score (nSPS) is 15.6. The predicted molar refractivity (Wildman–Crippen MR) is 83.8 cm³/mol. The van der Waals surface area contributed by atoms with Gasteiger partial charge < -0.3 is 19.4 Å². The molecule has 0 spiro atoms. The molecule has 122 valence electrons. The van der Waals surface area contributed by atoms with E-state index in [2.05, 4.69) is 34.9 Å². The van der Waals surface area contributed by atoms with E-state index in [4.69, 9.17) is 9.47 Å². The summed E-state index contributed by atoms with van der Waals surface area (Å²) in [6, 6.07) is 4.71. The van der Waals surface area contributed by atoms with E-state index in [-0.39, 0.29) is 17.3 Å². The lowest BCUT2D eigenvalue weighted by atomic mass is 10.3. The van der Waals surface area contributed by atoms with Crippen molar-refractivity contribution < 1.29 is 9.47 Å². The zero-order valence-corrected chi connectivity index (χ0v) is 12.5. The van der Waals surface area contributed by atoms with E-state index < -0.39 is 6.29 Å². The molecule has 0 bridgehead atoms. The monoisotopic (exact) mass is 335 g/mol. The van der Waals surface area contributed by atoms with Crippen molar-refractivity contribution in [3.8, 4) is 23.3 Å². The Bertz CT molecular complexity index is 1120. The highest BCUT2D eigenvalue weighted by atomic mass is 16.7. The van der Waals surface area contributed by atoms with Crippen molar-refractivity contribution in [3.05, 3.63) is 52.8 Å². The summed E-state index contributed by atoms with van der Waals surface area (Å²) in [4.78, 5) is 38.2. The molecule has 0 saturated carbocycles. The predicted octanol–water partition coefficient (Wildman–Crippen LogP) is 0.968. The van der Waals surface area contributed by atoms with Crippen LogP contribution >= 0.6 is 0 Å². The van der Waals surface area contributed by atoms with Crippen molar-refractivity contribution in [1.82, 2.24) is 34.9 Å². The average molecular weight is 335 g/mol. The van der Waals surface area contributed by atoms with Gasteiger partial charge in [0.15, 0.2) is 17.1 Å². The maximum absolute atomic E-state index is 11.4. The Morgan fingerprint density at radius 3 is 2.72 bits per heavy atom. The maximum Gasteiger partial charge on any atom is 0.286 e. The van der Waals surface area contributed by atoms with Crippen LogP contribution in [0.2, 0.25) is 0 Å². The molecular formula is C15H9N7O3. The number of H-pyrrole nitrogens is 2.